The first-order valence-electron chi connectivity index (χ1n) is 7.95. The highest BCUT2D eigenvalue weighted by Crippen LogP contribution is 2.36. The summed E-state index contributed by atoms with van der Waals surface area (Å²) >= 11 is 0. The van der Waals surface area contributed by atoms with Crippen molar-refractivity contribution in [2.75, 3.05) is 13.2 Å². The number of benzene rings is 1. The van der Waals surface area contributed by atoms with Crippen molar-refractivity contribution in [2.24, 2.45) is 17.6 Å². The van der Waals surface area contributed by atoms with Crippen LogP contribution in [0.1, 0.15) is 54.6 Å². The van der Waals surface area contributed by atoms with Crippen LogP contribution in [0.2, 0.25) is 0 Å². The molecule has 1 aliphatic heterocycles. The fourth-order valence-electron chi connectivity index (χ4n) is 3.40. The van der Waals surface area contributed by atoms with Crippen LogP contribution in [0, 0.1) is 11.8 Å². The van der Waals surface area contributed by atoms with E-state index in [-0.39, 0.29) is 11.9 Å². The van der Waals surface area contributed by atoms with Crippen molar-refractivity contribution in [3.8, 4) is 5.75 Å². The van der Waals surface area contributed by atoms with Gasteiger partial charge in [0.05, 0.1) is 12.1 Å². The van der Waals surface area contributed by atoms with E-state index in [1.165, 1.54) is 25.7 Å². The maximum Gasteiger partial charge on any atom is 0.255 e. The first kappa shape index (κ1) is 14.4. The van der Waals surface area contributed by atoms with Gasteiger partial charge in [-0.25, -0.2) is 0 Å². The summed E-state index contributed by atoms with van der Waals surface area (Å²) in [6.45, 7) is 3.38. The highest BCUT2D eigenvalue weighted by molar-refractivity contribution is 5.97. The largest absolute Gasteiger partial charge is 0.491 e. The number of nitrogens with one attached hydrogen (secondary N) is 1. The molecule has 3 N–H and O–H groups in total. The van der Waals surface area contributed by atoms with Crippen LogP contribution in [-0.4, -0.2) is 19.1 Å². The number of amides is 1. The van der Waals surface area contributed by atoms with Crippen LogP contribution in [0.5, 0.6) is 5.75 Å². The van der Waals surface area contributed by atoms with Crippen LogP contribution < -0.4 is 15.8 Å². The molecule has 1 aliphatic carbocycles. The van der Waals surface area contributed by atoms with Gasteiger partial charge in [0.15, 0.2) is 0 Å². The number of rotatable bonds is 2. The Morgan fingerprint density at radius 1 is 1.29 bits per heavy atom. The lowest BCUT2D eigenvalue weighted by atomic mass is 9.77. The predicted molar refractivity (Wildman–Crippen MR) is 82.3 cm³/mol. The quantitative estimate of drug-likeness (QED) is 0.879. The summed E-state index contributed by atoms with van der Waals surface area (Å²) in [6.07, 6.45) is 4.88. The second-order valence-electron chi connectivity index (χ2n) is 6.41. The molecule has 0 aromatic heterocycles. The molecule has 2 aliphatic rings. The first-order valence-corrected chi connectivity index (χ1v) is 7.95. The molecule has 0 spiro atoms. The van der Waals surface area contributed by atoms with Crippen LogP contribution in [0.4, 0.5) is 0 Å². The van der Waals surface area contributed by atoms with E-state index in [1.807, 2.05) is 18.2 Å². The van der Waals surface area contributed by atoms with E-state index in [0.717, 1.165) is 11.5 Å². The zero-order valence-corrected chi connectivity index (χ0v) is 12.6. The zero-order valence-electron chi connectivity index (χ0n) is 12.6. The summed E-state index contributed by atoms with van der Waals surface area (Å²) in [5.74, 6) is 1.95. The number of carbonyl (C=O) groups is 1. The number of hydrogen-bond donors (Lipinski definition) is 2. The van der Waals surface area contributed by atoms with Crippen LogP contribution in [-0.2, 0) is 0 Å². The minimum Gasteiger partial charge on any atom is -0.491 e. The monoisotopic (exact) mass is 288 g/mol. The molecule has 1 heterocycles. The van der Waals surface area contributed by atoms with Gasteiger partial charge in [-0.15, -0.1) is 0 Å². The molecule has 0 bridgehead atoms. The lowest BCUT2D eigenvalue weighted by Gasteiger charge is -2.31. The van der Waals surface area contributed by atoms with Gasteiger partial charge >= 0.3 is 0 Å². The van der Waals surface area contributed by atoms with Crippen LogP contribution in [0.15, 0.2) is 18.2 Å². The highest BCUT2D eigenvalue weighted by atomic mass is 16.5. The standard InChI is InChI=1S/C17H24N2O2/c1-11-2-4-12(5-3-11)16(18)13-6-7-15-14(10-13)17(20)19-8-9-21-15/h6-7,10-12,16H,2-5,8-9,18H2,1H3,(H,19,20). The summed E-state index contributed by atoms with van der Waals surface area (Å²) in [7, 11) is 0. The van der Waals surface area contributed by atoms with E-state index in [1.54, 1.807) is 0 Å². The van der Waals surface area contributed by atoms with E-state index in [0.29, 0.717) is 30.4 Å². The molecule has 0 radical (unpaired) electrons. The lowest BCUT2D eigenvalue weighted by Crippen LogP contribution is -2.26. The lowest BCUT2D eigenvalue weighted by molar-refractivity contribution is 0.0957. The van der Waals surface area contributed by atoms with Crippen LogP contribution in [0.3, 0.4) is 0 Å². The average molecular weight is 288 g/mol. The minimum absolute atomic E-state index is 0.0128. The molecule has 4 nitrogen and oxygen atoms in total. The third-order valence-electron chi connectivity index (χ3n) is 4.85. The Morgan fingerprint density at radius 3 is 2.81 bits per heavy atom. The molecule has 21 heavy (non-hydrogen) atoms. The van der Waals surface area contributed by atoms with Crippen molar-refractivity contribution in [1.29, 1.82) is 0 Å². The van der Waals surface area contributed by atoms with Gasteiger partial charge in [0, 0.05) is 6.04 Å². The molecule has 1 fully saturated rings. The first-order chi connectivity index (χ1) is 10.1. The van der Waals surface area contributed by atoms with Crippen molar-refractivity contribution in [1.82, 2.24) is 5.32 Å². The van der Waals surface area contributed by atoms with Crippen molar-refractivity contribution in [3.05, 3.63) is 29.3 Å². The summed E-state index contributed by atoms with van der Waals surface area (Å²) in [6, 6.07) is 5.83. The molecular formula is C17H24N2O2. The van der Waals surface area contributed by atoms with Crippen LogP contribution >= 0.6 is 0 Å². The number of ether oxygens (including phenoxy) is 1. The molecule has 3 rings (SSSR count). The number of hydrogen-bond acceptors (Lipinski definition) is 3. The van der Waals surface area contributed by atoms with Crippen LogP contribution in [0.25, 0.3) is 0 Å². The molecular weight excluding hydrogens is 264 g/mol. The Bertz CT molecular complexity index is 522. The number of carbonyl (C=O) groups excluding carboxylic acids is 1. The molecule has 1 unspecified atom stereocenters. The van der Waals surface area contributed by atoms with Crippen molar-refractivity contribution in [3.63, 3.8) is 0 Å². The fourth-order valence-corrected chi connectivity index (χ4v) is 3.40. The van der Waals surface area contributed by atoms with Gasteiger partial charge in [-0.2, -0.15) is 0 Å². The van der Waals surface area contributed by atoms with Gasteiger partial charge < -0.3 is 15.8 Å². The summed E-state index contributed by atoms with van der Waals surface area (Å²) in [4.78, 5) is 12.1. The smallest absolute Gasteiger partial charge is 0.255 e. The van der Waals surface area contributed by atoms with E-state index < -0.39 is 0 Å². The normalized spacial score (nSPS) is 27.0. The Balaban J connectivity index is 1.81. The second kappa shape index (κ2) is 6.06. The summed E-state index contributed by atoms with van der Waals surface area (Å²) in [5.41, 5.74) is 8.13. The molecule has 4 heteroatoms. The molecule has 114 valence electrons. The van der Waals surface area contributed by atoms with E-state index in [2.05, 4.69) is 12.2 Å². The maximum absolute atomic E-state index is 12.1. The molecule has 1 aromatic carbocycles. The average Bonchev–Trinajstić information content (AvgIpc) is 2.69. The highest BCUT2D eigenvalue weighted by Gasteiger charge is 2.26. The van der Waals surface area contributed by atoms with Gasteiger partial charge in [0.2, 0.25) is 0 Å². The predicted octanol–water partition coefficient (Wildman–Crippen LogP) is 2.63. The van der Waals surface area contributed by atoms with Gasteiger partial charge in [-0.1, -0.05) is 25.8 Å². The summed E-state index contributed by atoms with van der Waals surface area (Å²) in [5, 5.41) is 2.85. The molecule has 1 amide bonds. The van der Waals surface area contributed by atoms with Crippen molar-refractivity contribution >= 4 is 5.91 Å². The molecule has 1 saturated carbocycles. The van der Waals surface area contributed by atoms with Gasteiger partial charge in [0.1, 0.15) is 12.4 Å². The second-order valence-corrected chi connectivity index (χ2v) is 6.41. The Kier molecular flexibility index (Phi) is 4.15. The number of fused-ring (bicyclic) bond motifs is 1. The Hall–Kier alpha value is -1.55. The van der Waals surface area contributed by atoms with Crippen molar-refractivity contribution < 1.29 is 9.53 Å². The minimum atomic E-state index is -0.0613. The van der Waals surface area contributed by atoms with Gasteiger partial charge in [-0.05, 0) is 42.4 Å². The Labute approximate surface area is 126 Å². The third-order valence-corrected chi connectivity index (χ3v) is 4.85. The fraction of sp³-hybridized carbons (Fsp3) is 0.588. The van der Waals surface area contributed by atoms with Gasteiger partial charge in [0.25, 0.3) is 5.91 Å². The SMILES string of the molecule is CC1CCC(C(N)c2ccc3c(c2)C(=O)NCCO3)CC1. The zero-order chi connectivity index (χ0) is 14.8. The topological polar surface area (TPSA) is 64.4 Å². The maximum atomic E-state index is 12.1. The number of nitrogens with two attached hydrogens (primary N) is 1. The molecule has 1 aromatic rings. The molecule has 1 atom stereocenters. The molecule has 0 saturated heterocycles. The van der Waals surface area contributed by atoms with Crippen molar-refractivity contribution in [2.45, 2.75) is 38.6 Å². The van der Waals surface area contributed by atoms with Gasteiger partial charge in [-0.3, -0.25) is 4.79 Å². The van der Waals surface area contributed by atoms with E-state index in [9.17, 15) is 4.79 Å². The Morgan fingerprint density at radius 2 is 2.05 bits per heavy atom. The van der Waals surface area contributed by atoms with E-state index >= 15 is 0 Å². The third kappa shape index (κ3) is 3.05. The summed E-state index contributed by atoms with van der Waals surface area (Å²) < 4.78 is 5.59. The van der Waals surface area contributed by atoms with E-state index in [4.69, 9.17) is 10.5 Å².